The molecule has 0 aromatic carbocycles. The van der Waals surface area contributed by atoms with Gasteiger partial charge < -0.3 is 9.73 Å². The van der Waals surface area contributed by atoms with Gasteiger partial charge in [-0.05, 0) is 19.1 Å². The van der Waals surface area contributed by atoms with Crippen LogP contribution in [0.1, 0.15) is 15.4 Å². The molecule has 3 aromatic heterocycles. The number of aryl methyl sites for hydroxylation is 1. The average Bonchev–Trinajstić information content (AvgIpc) is 3.07. The molecule has 0 radical (unpaired) electrons. The molecule has 6 nitrogen and oxygen atoms in total. The smallest absolute Gasteiger partial charge is 0.276 e. The molecule has 3 rings (SSSR count). The number of aromatic amines is 1. The van der Waals surface area contributed by atoms with Crippen molar-refractivity contribution in [2.24, 2.45) is 0 Å². The zero-order chi connectivity index (χ0) is 13.2. The molecule has 0 unspecified atom stereocenters. The van der Waals surface area contributed by atoms with E-state index in [1.54, 1.807) is 24.6 Å². The summed E-state index contributed by atoms with van der Waals surface area (Å²) in [4.78, 5) is 17.2. The topological polar surface area (TPSA) is 83.8 Å². The quantitative estimate of drug-likeness (QED) is 0.769. The Balaban J connectivity index is 1.87. The normalized spacial score (nSPS) is 10.6. The van der Waals surface area contributed by atoms with E-state index in [1.165, 1.54) is 11.3 Å². The third-order valence-corrected chi connectivity index (χ3v) is 3.48. The first-order valence-corrected chi connectivity index (χ1v) is 6.38. The summed E-state index contributed by atoms with van der Waals surface area (Å²) in [5.74, 6) is 0.932. The van der Waals surface area contributed by atoms with Gasteiger partial charge in [0.15, 0.2) is 10.8 Å². The number of nitrogens with zero attached hydrogens (tertiary/aromatic N) is 2. The van der Waals surface area contributed by atoms with Gasteiger partial charge in [-0.1, -0.05) is 0 Å². The minimum absolute atomic E-state index is 0.268. The maximum absolute atomic E-state index is 12.1. The number of H-pyrrole nitrogens is 1. The van der Waals surface area contributed by atoms with Crippen molar-refractivity contribution in [3.63, 3.8) is 0 Å². The van der Waals surface area contributed by atoms with Crippen LogP contribution in [0.15, 0.2) is 35.1 Å². The lowest BCUT2D eigenvalue weighted by atomic mass is 10.3. The summed E-state index contributed by atoms with van der Waals surface area (Å²) < 4.78 is 5.27. The van der Waals surface area contributed by atoms with Crippen LogP contribution in [0.3, 0.4) is 0 Å². The lowest BCUT2D eigenvalue weighted by Gasteiger charge is -1.99. The zero-order valence-electron chi connectivity index (χ0n) is 10.0. The second kappa shape index (κ2) is 4.69. The molecule has 3 heterocycles. The lowest BCUT2D eigenvalue weighted by molar-refractivity contribution is 0.102. The van der Waals surface area contributed by atoms with Gasteiger partial charge in [0.2, 0.25) is 0 Å². The average molecular weight is 274 g/mol. The van der Waals surface area contributed by atoms with Crippen molar-refractivity contribution in [2.45, 2.75) is 6.92 Å². The Morgan fingerprint density at radius 3 is 3.05 bits per heavy atom. The fourth-order valence-corrected chi connectivity index (χ4v) is 2.50. The molecule has 3 aromatic rings. The number of hydrogen-bond donors (Lipinski definition) is 2. The zero-order valence-corrected chi connectivity index (χ0v) is 10.8. The summed E-state index contributed by atoms with van der Waals surface area (Å²) >= 11 is 1.42. The van der Waals surface area contributed by atoms with Crippen molar-refractivity contribution < 1.29 is 9.21 Å². The monoisotopic (exact) mass is 274 g/mol. The second-order valence-electron chi connectivity index (χ2n) is 3.83. The molecule has 0 aliphatic rings. The SMILES string of the molecule is Cc1sc(-c2ccco2)nc1C(=O)Nc1ccn[nH]1. The molecule has 0 spiro atoms. The molecule has 0 atom stereocenters. The molecule has 0 bridgehead atoms. The molecule has 96 valence electrons. The van der Waals surface area contributed by atoms with Crippen LogP contribution in [0.5, 0.6) is 0 Å². The van der Waals surface area contributed by atoms with Crippen LogP contribution in [0, 0.1) is 6.92 Å². The first-order valence-electron chi connectivity index (χ1n) is 5.56. The van der Waals surface area contributed by atoms with Crippen LogP contribution < -0.4 is 5.32 Å². The molecule has 0 aliphatic heterocycles. The maximum Gasteiger partial charge on any atom is 0.276 e. The van der Waals surface area contributed by atoms with Gasteiger partial charge in [0, 0.05) is 10.9 Å². The van der Waals surface area contributed by atoms with Gasteiger partial charge in [-0.2, -0.15) is 5.10 Å². The number of thiazole rings is 1. The molecular formula is C12H10N4O2S. The van der Waals surface area contributed by atoms with Crippen LogP contribution in [0.25, 0.3) is 10.8 Å². The number of carbonyl (C=O) groups is 1. The van der Waals surface area contributed by atoms with E-state index in [2.05, 4.69) is 20.5 Å². The third kappa shape index (κ3) is 2.27. The Labute approximate surface area is 112 Å². The summed E-state index contributed by atoms with van der Waals surface area (Å²) in [6.07, 6.45) is 3.15. The van der Waals surface area contributed by atoms with Gasteiger partial charge in [0.25, 0.3) is 5.91 Å². The first kappa shape index (κ1) is 11.7. The number of carbonyl (C=O) groups excluding carboxylic acids is 1. The van der Waals surface area contributed by atoms with Crippen LogP contribution in [0.4, 0.5) is 5.82 Å². The summed E-state index contributed by atoms with van der Waals surface area (Å²) in [5.41, 5.74) is 0.394. The predicted molar refractivity (Wildman–Crippen MR) is 71.1 cm³/mol. The van der Waals surface area contributed by atoms with Crippen molar-refractivity contribution in [3.8, 4) is 10.8 Å². The summed E-state index contributed by atoms with van der Waals surface area (Å²) in [7, 11) is 0. The van der Waals surface area contributed by atoms with Gasteiger partial charge in [-0.15, -0.1) is 11.3 Å². The minimum Gasteiger partial charge on any atom is -0.462 e. The number of amides is 1. The Morgan fingerprint density at radius 2 is 2.37 bits per heavy atom. The van der Waals surface area contributed by atoms with E-state index in [0.29, 0.717) is 22.3 Å². The van der Waals surface area contributed by atoms with E-state index in [4.69, 9.17) is 4.42 Å². The Kier molecular flexibility index (Phi) is 2.88. The van der Waals surface area contributed by atoms with Gasteiger partial charge in [0.1, 0.15) is 11.5 Å². The van der Waals surface area contributed by atoms with E-state index in [1.807, 2.05) is 13.0 Å². The Hall–Kier alpha value is -2.41. The minimum atomic E-state index is -0.268. The number of hydrogen-bond acceptors (Lipinski definition) is 5. The van der Waals surface area contributed by atoms with Crippen LogP contribution in [-0.4, -0.2) is 21.1 Å². The van der Waals surface area contributed by atoms with E-state index in [-0.39, 0.29) is 5.91 Å². The first-order chi connectivity index (χ1) is 9.24. The summed E-state index contributed by atoms with van der Waals surface area (Å²) in [5, 5.41) is 9.82. The maximum atomic E-state index is 12.1. The van der Waals surface area contributed by atoms with Crippen molar-refractivity contribution in [1.82, 2.24) is 15.2 Å². The van der Waals surface area contributed by atoms with Crippen LogP contribution in [-0.2, 0) is 0 Å². The second-order valence-corrected chi connectivity index (χ2v) is 5.03. The Bertz CT molecular complexity index is 685. The molecule has 2 N–H and O–H groups in total. The van der Waals surface area contributed by atoms with E-state index < -0.39 is 0 Å². The largest absolute Gasteiger partial charge is 0.462 e. The van der Waals surface area contributed by atoms with Gasteiger partial charge >= 0.3 is 0 Å². The molecule has 0 aliphatic carbocycles. The van der Waals surface area contributed by atoms with E-state index in [0.717, 1.165) is 4.88 Å². The summed E-state index contributed by atoms with van der Waals surface area (Å²) in [6.45, 7) is 1.85. The number of rotatable bonds is 3. The molecule has 19 heavy (non-hydrogen) atoms. The molecule has 0 fully saturated rings. The molecular weight excluding hydrogens is 264 g/mol. The van der Waals surface area contributed by atoms with Gasteiger partial charge in [0.05, 0.1) is 12.5 Å². The van der Waals surface area contributed by atoms with Gasteiger partial charge in [-0.3, -0.25) is 9.89 Å². The summed E-state index contributed by atoms with van der Waals surface area (Å²) in [6, 6.07) is 5.28. The van der Waals surface area contributed by atoms with Crippen molar-refractivity contribution in [3.05, 3.63) is 41.2 Å². The highest BCUT2D eigenvalue weighted by molar-refractivity contribution is 7.15. The Morgan fingerprint density at radius 1 is 1.47 bits per heavy atom. The number of anilines is 1. The third-order valence-electron chi connectivity index (χ3n) is 2.49. The van der Waals surface area contributed by atoms with Gasteiger partial charge in [-0.25, -0.2) is 4.98 Å². The standard InChI is InChI=1S/C12H10N4O2S/c1-7-10(11(17)14-9-4-5-13-16-9)15-12(19-7)8-3-2-6-18-8/h2-6H,1H3,(H2,13,14,16,17). The number of aromatic nitrogens is 3. The fraction of sp³-hybridized carbons (Fsp3) is 0.0833. The molecule has 1 amide bonds. The van der Waals surface area contributed by atoms with Crippen molar-refractivity contribution in [2.75, 3.05) is 5.32 Å². The number of furan rings is 1. The highest BCUT2D eigenvalue weighted by Gasteiger charge is 2.17. The lowest BCUT2D eigenvalue weighted by Crippen LogP contribution is -2.13. The van der Waals surface area contributed by atoms with Crippen molar-refractivity contribution >= 4 is 23.1 Å². The van der Waals surface area contributed by atoms with Crippen LogP contribution in [0.2, 0.25) is 0 Å². The van der Waals surface area contributed by atoms with E-state index in [9.17, 15) is 4.79 Å². The predicted octanol–water partition coefficient (Wildman–Crippen LogP) is 2.69. The van der Waals surface area contributed by atoms with E-state index >= 15 is 0 Å². The van der Waals surface area contributed by atoms with Crippen molar-refractivity contribution in [1.29, 1.82) is 0 Å². The highest BCUT2D eigenvalue weighted by atomic mass is 32.1. The number of nitrogens with one attached hydrogen (secondary N) is 2. The molecule has 0 saturated carbocycles. The molecule has 0 saturated heterocycles. The fourth-order valence-electron chi connectivity index (χ4n) is 1.62. The highest BCUT2D eigenvalue weighted by Crippen LogP contribution is 2.28. The molecule has 7 heteroatoms. The van der Waals surface area contributed by atoms with Crippen LogP contribution >= 0.6 is 11.3 Å².